The van der Waals surface area contributed by atoms with Gasteiger partial charge in [0.15, 0.2) is 0 Å². The van der Waals surface area contributed by atoms with Crippen LogP contribution in [0.1, 0.15) is 58.9 Å². The highest BCUT2D eigenvalue weighted by molar-refractivity contribution is 7.62. The average Bonchev–Trinajstić information content (AvgIpc) is 3.20. The highest BCUT2D eigenvalue weighted by atomic mass is 31.2. The van der Waals surface area contributed by atoms with Gasteiger partial charge in [0.1, 0.15) is 18.4 Å². The molecule has 0 saturated carbocycles. The second-order valence-corrected chi connectivity index (χ2v) is 15.6. The lowest BCUT2D eigenvalue weighted by molar-refractivity contribution is -0.104. The predicted octanol–water partition coefficient (Wildman–Crippen LogP) is 6.09. The standard InChI is InChI=1S/C40H47N4O7P/c1-3-49-52(50-28(2)51-52)22-12-21-42-39(47)33-19-10-15-30(23-33)26-43-35(25-29-13-6-4-7-14-29)37(45)38(46)36(32-17-8-5-9-18-32)44(40(43)48)27-31-16-11-20-34(41)24-31/h4-11,13-20,23-24,28,35-38,45-46H,3,12,21-22,25-27,41H2,1-2H3/p+1/t28?,35-,36?,37+,38+,52?/m1/s1. The smallest absolute Gasteiger partial charge is 0.399 e. The van der Waals surface area contributed by atoms with Gasteiger partial charge in [-0.05, 0) is 66.8 Å². The molecule has 2 heterocycles. The van der Waals surface area contributed by atoms with E-state index in [4.69, 9.17) is 19.3 Å². The van der Waals surface area contributed by atoms with Crippen LogP contribution in [-0.2, 0) is 33.1 Å². The van der Waals surface area contributed by atoms with Gasteiger partial charge in [-0.15, -0.1) is 9.05 Å². The van der Waals surface area contributed by atoms with Crippen LogP contribution in [0.15, 0.2) is 109 Å². The molecule has 12 heteroatoms. The van der Waals surface area contributed by atoms with Gasteiger partial charge >= 0.3 is 14.0 Å². The molecule has 0 radical (unpaired) electrons. The van der Waals surface area contributed by atoms with Crippen molar-refractivity contribution in [3.63, 3.8) is 0 Å². The Balaban J connectivity index is 1.28. The summed E-state index contributed by atoms with van der Waals surface area (Å²) in [6, 6.07) is 31.4. The van der Waals surface area contributed by atoms with E-state index in [9.17, 15) is 19.8 Å². The van der Waals surface area contributed by atoms with Crippen LogP contribution < -0.4 is 11.1 Å². The molecule has 4 aromatic rings. The van der Waals surface area contributed by atoms with E-state index >= 15 is 0 Å². The zero-order valence-electron chi connectivity index (χ0n) is 29.6. The number of nitrogen functional groups attached to an aromatic ring is 1. The Bertz CT molecular complexity index is 1790. The molecule has 11 nitrogen and oxygen atoms in total. The summed E-state index contributed by atoms with van der Waals surface area (Å²) in [6.07, 6.45) is -1.39. The number of rotatable bonds is 14. The largest absolute Gasteiger partial charge is 0.417 e. The molecule has 274 valence electrons. The third-order valence-corrected chi connectivity index (χ3v) is 12.2. The number of hydrogen-bond acceptors (Lipinski definition) is 8. The van der Waals surface area contributed by atoms with Gasteiger partial charge in [0.05, 0.1) is 18.7 Å². The van der Waals surface area contributed by atoms with Crippen LogP contribution in [0.3, 0.4) is 0 Å². The lowest BCUT2D eigenvalue weighted by Gasteiger charge is -2.36. The molecule has 0 bridgehead atoms. The third kappa shape index (κ3) is 8.81. The van der Waals surface area contributed by atoms with E-state index in [0.717, 1.165) is 11.1 Å². The highest BCUT2D eigenvalue weighted by Gasteiger charge is 2.57. The molecule has 5 N–H and O–H groups in total. The summed E-state index contributed by atoms with van der Waals surface area (Å²) in [4.78, 5) is 31.5. The molecule has 3 amide bonds. The zero-order valence-corrected chi connectivity index (χ0v) is 30.5. The van der Waals surface area contributed by atoms with E-state index in [2.05, 4.69) is 5.32 Å². The number of urea groups is 1. The summed E-state index contributed by atoms with van der Waals surface area (Å²) in [5.41, 5.74) is 10.2. The molecule has 0 aromatic heterocycles. The highest BCUT2D eigenvalue weighted by Crippen LogP contribution is 2.71. The molecular weight excluding hydrogens is 679 g/mol. The minimum absolute atomic E-state index is 0.0877. The molecule has 6 rings (SSSR count). The van der Waals surface area contributed by atoms with Crippen molar-refractivity contribution in [2.75, 3.05) is 25.0 Å². The first-order chi connectivity index (χ1) is 25.2. The number of carbonyl (C=O) groups is 2. The van der Waals surface area contributed by atoms with E-state index in [0.29, 0.717) is 54.5 Å². The maximum absolute atomic E-state index is 15.0. The molecule has 2 aliphatic rings. The fourth-order valence-electron chi connectivity index (χ4n) is 7.03. The first-order valence-corrected chi connectivity index (χ1v) is 19.5. The molecule has 2 aliphatic heterocycles. The first kappa shape index (κ1) is 37.4. The summed E-state index contributed by atoms with van der Waals surface area (Å²) in [7, 11) is -2.33. The van der Waals surface area contributed by atoms with Gasteiger partial charge in [0.2, 0.25) is 0 Å². The third-order valence-electron chi connectivity index (χ3n) is 9.41. The Morgan fingerprint density at radius 2 is 1.48 bits per heavy atom. The number of hydrogen-bond donors (Lipinski definition) is 4. The number of aliphatic hydroxyl groups is 2. The Labute approximate surface area is 305 Å². The van der Waals surface area contributed by atoms with Gasteiger partial charge in [-0.25, -0.2) is 4.79 Å². The number of benzene rings is 4. The van der Waals surface area contributed by atoms with Crippen molar-refractivity contribution in [2.45, 2.75) is 70.4 Å². The SMILES string of the molecule is CCO[P+]1(CCCNC(=O)c2cccc(CN3C(=O)N(Cc4cccc(N)c4)C(c4ccccc4)[C@H](O)[C@@H](O)[C@H]3Cc3ccccc3)c2)OC(C)O1. The van der Waals surface area contributed by atoms with Crippen molar-refractivity contribution in [2.24, 2.45) is 0 Å². The topological polar surface area (TPSA) is 147 Å². The molecule has 4 atom stereocenters. The number of aliphatic hydroxyl groups excluding tert-OH is 2. The number of carbonyl (C=O) groups excluding carboxylic acids is 2. The number of nitrogens with two attached hydrogens (primary N) is 1. The van der Waals surface area contributed by atoms with Crippen molar-refractivity contribution in [3.8, 4) is 0 Å². The molecule has 1 unspecified atom stereocenters. The van der Waals surface area contributed by atoms with E-state index in [-0.39, 0.29) is 31.3 Å². The summed E-state index contributed by atoms with van der Waals surface area (Å²) in [5.74, 6) is -0.250. The molecule has 0 spiro atoms. The fraction of sp³-hybridized carbons (Fsp3) is 0.350. The summed E-state index contributed by atoms with van der Waals surface area (Å²) < 4.78 is 17.3. The van der Waals surface area contributed by atoms with Crippen LogP contribution in [0, 0.1) is 0 Å². The van der Waals surface area contributed by atoms with Crippen LogP contribution in [0.2, 0.25) is 0 Å². The average molecular weight is 728 g/mol. The molecule has 52 heavy (non-hydrogen) atoms. The van der Waals surface area contributed by atoms with Gasteiger partial charge in [-0.3, -0.25) is 4.79 Å². The van der Waals surface area contributed by atoms with E-state index in [1.165, 1.54) is 0 Å². The lowest BCUT2D eigenvalue weighted by Crippen LogP contribution is -2.50. The fourth-order valence-corrected chi connectivity index (χ4v) is 9.35. The number of nitrogens with one attached hydrogen (secondary N) is 1. The lowest BCUT2D eigenvalue weighted by atomic mass is 9.90. The van der Waals surface area contributed by atoms with Gasteiger partial charge < -0.3 is 31.1 Å². The summed E-state index contributed by atoms with van der Waals surface area (Å²) in [6.45, 7) is 4.86. The maximum Gasteiger partial charge on any atom is 0.417 e. The quantitative estimate of drug-likeness (QED) is 0.0694. The number of anilines is 1. The predicted molar refractivity (Wildman–Crippen MR) is 201 cm³/mol. The minimum Gasteiger partial charge on any atom is -0.399 e. The van der Waals surface area contributed by atoms with Crippen molar-refractivity contribution in [1.82, 2.24) is 15.1 Å². The Hall–Kier alpha value is -4.35. The molecule has 4 aromatic carbocycles. The van der Waals surface area contributed by atoms with Gasteiger partial charge in [-0.1, -0.05) is 84.9 Å². The van der Waals surface area contributed by atoms with Crippen molar-refractivity contribution in [3.05, 3.63) is 137 Å². The minimum atomic E-state index is -2.33. The van der Waals surface area contributed by atoms with E-state index < -0.39 is 32.2 Å². The first-order valence-electron chi connectivity index (χ1n) is 17.8. The van der Waals surface area contributed by atoms with Crippen LogP contribution >= 0.6 is 7.94 Å². The van der Waals surface area contributed by atoms with Crippen molar-refractivity contribution in [1.29, 1.82) is 0 Å². The van der Waals surface area contributed by atoms with Crippen molar-refractivity contribution >= 4 is 25.6 Å². The summed E-state index contributed by atoms with van der Waals surface area (Å²) in [5, 5.41) is 27.0. The summed E-state index contributed by atoms with van der Waals surface area (Å²) >= 11 is 0. The van der Waals surface area contributed by atoms with Crippen LogP contribution in [-0.4, -0.2) is 75.8 Å². The monoisotopic (exact) mass is 727 g/mol. The molecule has 2 saturated heterocycles. The van der Waals surface area contributed by atoms with E-state index in [1.54, 1.807) is 34.1 Å². The molecule has 0 aliphatic carbocycles. The second-order valence-electron chi connectivity index (χ2n) is 13.2. The van der Waals surface area contributed by atoms with E-state index in [1.807, 2.05) is 98.8 Å². The van der Waals surface area contributed by atoms with Crippen LogP contribution in [0.4, 0.5) is 10.5 Å². The zero-order chi connectivity index (χ0) is 36.7. The van der Waals surface area contributed by atoms with Gasteiger partial charge in [0, 0.05) is 37.3 Å². The van der Waals surface area contributed by atoms with Gasteiger partial charge in [-0.2, -0.15) is 4.52 Å². The van der Waals surface area contributed by atoms with Gasteiger partial charge in [0.25, 0.3) is 12.2 Å². The Morgan fingerprint density at radius 1 is 0.846 bits per heavy atom. The van der Waals surface area contributed by atoms with Crippen LogP contribution in [0.25, 0.3) is 0 Å². The Morgan fingerprint density at radius 3 is 2.15 bits per heavy atom. The maximum atomic E-state index is 15.0. The number of nitrogens with zero attached hydrogens (tertiary/aromatic N) is 2. The van der Waals surface area contributed by atoms with Crippen LogP contribution in [0.5, 0.6) is 0 Å². The van der Waals surface area contributed by atoms with Crippen molar-refractivity contribution < 1.29 is 33.4 Å². The Kier molecular flexibility index (Phi) is 12.2. The number of amides is 3. The molecule has 2 fully saturated rings. The second kappa shape index (κ2) is 17.0. The normalized spacial score (nSPS) is 24.6. The molecular formula is C40H48N4O7P+.